The van der Waals surface area contributed by atoms with Gasteiger partial charge in [-0.15, -0.1) is 0 Å². The number of rotatable bonds is 9. The van der Waals surface area contributed by atoms with Crippen molar-refractivity contribution in [1.82, 2.24) is 4.31 Å². The molecule has 2 aromatic carbocycles. The Kier molecular flexibility index (Phi) is 7.68. The average molecular weight is 480 g/mol. The highest BCUT2D eigenvalue weighted by Crippen LogP contribution is 2.34. The first-order chi connectivity index (χ1) is 15.8. The molecule has 0 atom stereocenters. The lowest BCUT2D eigenvalue weighted by Crippen LogP contribution is -2.40. The lowest BCUT2D eigenvalue weighted by Gasteiger charge is -2.26. The van der Waals surface area contributed by atoms with Gasteiger partial charge < -0.3 is 18.9 Å². The molecule has 178 valence electrons. The molecular formula is C20H24N4O8S. The molecular weight excluding hydrogens is 456 g/mol. The second-order valence-corrected chi connectivity index (χ2v) is 8.68. The van der Waals surface area contributed by atoms with Gasteiger partial charge in [-0.2, -0.15) is 9.41 Å². The fourth-order valence-corrected chi connectivity index (χ4v) is 4.75. The van der Waals surface area contributed by atoms with Crippen LogP contribution in [0.15, 0.2) is 40.3 Å². The number of anilines is 1. The average Bonchev–Trinajstić information content (AvgIpc) is 2.84. The Morgan fingerprint density at radius 1 is 1.06 bits per heavy atom. The van der Waals surface area contributed by atoms with Gasteiger partial charge in [0.1, 0.15) is 10.6 Å². The van der Waals surface area contributed by atoms with Gasteiger partial charge in [0, 0.05) is 36.9 Å². The number of benzene rings is 2. The van der Waals surface area contributed by atoms with E-state index < -0.39 is 14.9 Å². The van der Waals surface area contributed by atoms with Gasteiger partial charge in [-0.3, -0.25) is 15.5 Å². The molecule has 0 radical (unpaired) electrons. The van der Waals surface area contributed by atoms with Gasteiger partial charge in [0.15, 0.2) is 11.5 Å². The largest absolute Gasteiger partial charge is 0.496 e. The van der Waals surface area contributed by atoms with Gasteiger partial charge in [0.25, 0.3) is 5.69 Å². The summed E-state index contributed by atoms with van der Waals surface area (Å²) in [6.45, 7) is 0.787. The van der Waals surface area contributed by atoms with Crippen molar-refractivity contribution in [2.45, 2.75) is 4.90 Å². The van der Waals surface area contributed by atoms with Crippen LogP contribution in [0.3, 0.4) is 0 Å². The Bertz CT molecular complexity index is 1150. The molecule has 0 bridgehead atoms. The number of nitrogens with zero attached hydrogens (tertiary/aromatic N) is 3. The lowest BCUT2D eigenvalue weighted by molar-refractivity contribution is -0.385. The van der Waals surface area contributed by atoms with Crippen molar-refractivity contribution in [3.8, 4) is 17.2 Å². The van der Waals surface area contributed by atoms with Gasteiger partial charge >= 0.3 is 0 Å². The van der Waals surface area contributed by atoms with E-state index in [-0.39, 0.29) is 42.6 Å². The minimum absolute atomic E-state index is 0.0859. The van der Waals surface area contributed by atoms with E-state index >= 15 is 0 Å². The maximum Gasteiger partial charge on any atom is 0.270 e. The monoisotopic (exact) mass is 480 g/mol. The van der Waals surface area contributed by atoms with Crippen LogP contribution in [0, 0.1) is 10.1 Å². The van der Waals surface area contributed by atoms with E-state index in [1.54, 1.807) is 12.1 Å². The van der Waals surface area contributed by atoms with Crippen molar-refractivity contribution in [3.05, 3.63) is 46.0 Å². The maximum absolute atomic E-state index is 13.2. The Balaban J connectivity index is 1.96. The van der Waals surface area contributed by atoms with Crippen LogP contribution in [0.1, 0.15) is 5.56 Å². The molecule has 1 saturated heterocycles. The van der Waals surface area contributed by atoms with Gasteiger partial charge in [-0.1, -0.05) is 0 Å². The number of hydrogen-bond donors (Lipinski definition) is 1. The summed E-state index contributed by atoms with van der Waals surface area (Å²) in [5.41, 5.74) is 2.94. The number of morpholine rings is 1. The molecule has 1 N–H and O–H groups in total. The number of hydrazone groups is 1. The van der Waals surface area contributed by atoms with Crippen LogP contribution < -0.4 is 19.6 Å². The van der Waals surface area contributed by atoms with Crippen LogP contribution in [0.25, 0.3) is 0 Å². The molecule has 0 aliphatic carbocycles. The molecule has 33 heavy (non-hydrogen) atoms. The summed E-state index contributed by atoms with van der Waals surface area (Å²) in [6.07, 6.45) is 1.41. The van der Waals surface area contributed by atoms with E-state index in [4.69, 9.17) is 18.9 Å². The van der Waals surface area contributed by atoms with E-state index in [9.17, 15) is 18.5 Å². The molecule has 0 aromatic heterocycles. The van der Waals surface area contributed by atoms with Crippen LogP contribution in [0.5, 0.6) is 17.2 Å². The lowest BCUT2D eigenvalue weighted by atomic mass is 10.2. The number of nitrogens with one attached hydrogen (secondary N) is 1. The molecule has 13 heteroatoms. The Labute approximate surface area is 190 Å². The number of ether oxygens (including phenoxy) is 4. The topological polar surface area (TPSA) is 142 Å². The van der Waals surface area contributed by atoms with Crippen molar-refractivity contribution in [2.24, 2.45) is 5.10 Å². The summed E-state index contributed by atoms with van der Waals surface area (Å²) < 4.78 is 48.7. The van der Waals surface area contributed by atoms with Crippen LogP contribution in [-0.4, -0.2) is 71.5 Å². The fraction of sp³-hybridized carbons (Fsp3) is 0.350. The second kappa shape index (κ2) is 10.5. The number of methoxy groups -OCH3 is 3. The van der Waals surface area contributed by atoms with Gasteiger partial charge in [0.2, 0.25) is 10.0 Å². The molecule has 1 heterocycles. The Morgan fingerprint density at radius 2 is 1.70 bits per heavy atom. The molecule has 0 spiro atoms. The fourth-order valence-electron chi connectivity index (χ4n) is 3.18. The van der Waals surface area contributed by atoms with Gasteiger partial charge in [-0.25, -0.2) is 8.42 Å². The van der Waals surface area contributed by atoms with Crippen LogP contribution >= 0.6 is 0 Å². The van der Waals surface area contributed by atoms with Crippen LogP contribution in [0.4, 0.5) is 11.4 Å². The quantitative estimate of drug-likeness (QED) is 0.324. The maximum atomic E-state index is 13.2. The standard InChI is InChI=1S/C20H24N4O8S/c1-29-17-12-19(31-3)18(30-2)10-14(17)13-21-22-16-5-4-15(24(25)26)11-20(16)33(27,28)23-6-8-32-9-7-23/h4-5,10-13,22H,6-9H2,1-3H3/b21-13-. The molecule has 2 aromatic rings. The first-order valence-electron chi connectivity index (χ1n) is 9.77. The zero-order valence-electron chi connectivity index (χ0n) is 18.3. The first-order valence-corrected chi connectivity index (χ1v) is 11.2. The third kappa shape index (κ3) is 5.32. The number of sulfonamides is 1. The third-order valence-electron chi connectivity index (χ3n) is 4.89. The van der Waals surface area contributed by atoms with Crippen molar-refractivity contribution >= 4 is 27.6 Å². The van der Waals surface area contributed by atoms with Crippen LogP contribution in [0.2, 0.25) is 0 Å². The van der Waals surface area contributed by atoms with Crippen molar-refractivity contribution in [1.29, 1.82) is 0 Å². The predicted molar refractivity (Wildman–Crippen MR) is 120 cm³/mol. The number of nitro groups is 1. The minimum Gasteiger partial charge on any atom is -0.496 e. The summed E-state index contributed by atoms with van der Waals surface area (Å²) in [4.78, 5) is 10.3. The molecule has 12 nitrogen and oxygen atoms in total. The zero-order valence-corrected chi connectivity index (χ0v) is 19.1. The smallest absolute Gasteiger partial charge is 0.270 e. The number of nitro benzene ring substituents is 1. The summed E-state index contributed by atoms with van der Waals surface area (Å²) in [5.74, 6) is 1.36. The summed E-state index contributed by atoms with van der Waals surface area (Å²) >= 11 is 0. The molecule has 0 amide bonds. The van der Waals surface area contributed by atoms with E-state index in [0.717, 1.165) is 6.07 Å². The molecule has 1 fully saturated rings. The normalized spacial score (nSPS) is 14.8. The zero-order chi connectivity index (χ0) is 24.0. The number of hydrogen-bond acceptors (Lipinski definition) is 10. The molecule has 0 unspecified atom stereocenters. The van der Waals surface area contributed by atoms with Crippen molar-refractivity contribution in [3.63, 3.8) is 0 Å². The summed E-state index contributed by atoms with van der Waals surface area (Å²) in [5, 5.41) is 15.4. The SMILES string of the molecule is COc1cc(OC)c(OC)cc1/C=N\Nc1ccc([N+](=O)[O-])cc1S(=O)(=O)N1CCOCC1. The summed E-state index contributed by atoms with van der Waals surface area (Å²) in [6, 6.07) is 6.78. The van der Waals surface area contributed by atoms with Gasteiger partial charge in [0.05, 0.1) is 51.4 Å². The Hall–Kier alpha value is -3.42. The molecule has 1 aliphatic heterocycles. The van der Waals surface area contributed by atoms with Crippen molar-refractivity contribution in [2.75, 3.05) is 53.1 Å². The minimum atomic E-state index is -4.02. The van der Waals surface area contributed by atoms with Crippen molar-refractivity contribution < 1.29 is 32.3 Å². The second-order valence-electron chi connectivity index (χ2n) is 6.77. The first kappa shape index (κ1) is 24.2. The van der Waals surface area contributed by atoms with E-state index in [2.05, 4.69) is 10.5 Å². The number of non-ortho nitro benzene ring substituents is 1. The molecule has 3 rings (SSSR count). The highest BCUT2D eigenvalue weighted by molar-refractivity contribution is 7.89. The van der Waals surface area contributed by atoms with E-state index in [1.807, 2.05) is 0 Å². The highest BCUT2D eigenvalue weighted by atomic mass is 32.2. The highest BCUT2D eigenvalue weighted by Gasteiger charge is 2.30. The van der Waals surface area contributed by atoms with Gasteiger partial charge in [-0.05, 0) is 12.1 Å². The van der Waals surface area contributed by atoms with E-state index in [0.29, 0.717) is 22.8 Å². The third-order valence-corrected chi connectivity index (χ3v) is 6.83. The Morgan fingerprint density at radius 3 is 2.30 bits per heavy atom. The van der Waals surface area contributed by atoms with E-state index in [1.165, 1.54) is 44.0 Å². The molecule has 1 aliphatic rings. The molecule has 0 saturated carbocycles. The predicted octanol–water partition coefficient (Wildman–Crippen LogP) is 2.09. The summed E-state index contributed by atoms with van der Waals surface area (Å²) in [7, 11) is 0.443. The van der Waals surface area contributed by atoms with Crippen LogP contribution in [-0.2, 0) is 14.8 Å².